The first-order valence-electron chi connectivity index (χ1n) is 9.69. The normalized spacial score (nSPS) is 24.2. The maximum Gasteiger partial charge on any atom is 0.226 e. The van der Waals surface area contributed by atoms with E-state index in [2.05, 4.69) is 52.4 Å². The fourth-order valence-corrected chi connectivity index (χ4v) is 4.05. The van der Waals surface area contributed by atoms with Gasteiger partial charge in [0.15, 0.2) is 0 Å². The summed E-state index contributed by atoms with van der Waals surface area (Å²) in [6.45, 7) is 1.53. The summed E-state index contributed by atoms with van der Waals surface area (Å²) in [6.07, 6.45) is 12.6. The summed E-state index contributed by atoms with van der Waals surface area (Å²) >= 11 is 0. The molecule has 134 valence electrons. The Hall–Kier alpha value is -2.42. The molecule has 3 heteroatoms. The zero-order valence-electron chi connectivity index (χ0n) is 15.1. The first kappa shape index (κ1) is 17.0. The van der Waals surface area contributed by atoms with Gasteiger partial charge in [0.1, 0.15) is 0 Å². The molecule has 4 rings (SSSR count). The molecule has 2 aliphatic carbocycles. The molecule has 1 aromatic heterocycles. The first-order valence-corrected chi connectivity index (χ1v) is 9.69. The average Bonchev–Trinajstić information content (AvgIpc) is 3.50. The quantitative estimate of drug-likeness (QED) is 0.718. The molecule has 0 saturated heterocycles. The Morgan fingerprint density at radius 3 is 2.73 bits per heavy atom. The molecular weight excluding hydrogens is 320 g/mol. The zero-order valence-corrected chi connectivity index (χ0v) is 15.1. The minimum atomic E-state index is 0.146. The second kappa shape index (κ2) is 7.86. The van der Waals surface area contributed by atoms with Crippen molar-refractivity contribution in [3.63, 3.8) is 0 Å². The Kier molecular flexibility index (Phi) is 5.14. The van der Waals surface area contributed by atoms with Crippen molar-refractivity contribution in [1.29, 1.82) is 0 Å². The van der Waals surface area contributed by atoms with Crippen LogP contribution in [-0.4, -0.2) is 22.3 Å². The Bertz CT molecular complexity index is 756. The van der Waals surface area contributed by atoms with Crippen LogP contribution in [0.2, 0.25) is 0 Å². The van der Waals surface area contributed by atoms with Crippen LogP contribution in [0.3, 0.4) is 0 Å². The van der Waals surface area contributed by atoms with Gasteiger partial charge in [-0.05, 0) is 54.7 Å². The summed E-state index contributed by atoms with van der Waals surface area (Å²) < 4.78 is 0. The van der Waals surface area contributed by atoms with Crippen LogP contribution in [0.4, 0.5) is 0 Å². The van der Waals surface area contributed by atoms with E-state index in [1.165, 1.54) is 12.0 Å². The van der Waals surface area contributed by atoms with E-state index in [0.29, 0.717) is 24.3 Å². The SMILES string of the molecule is O=C([C@@H]1C[C@H]1c1ccccc1)N(Cc1cccnc1)C[C@H]1CC=CCC1. The number of hydrogen-bond acceptors (Lipinski definition) is 2. The van der Waals surface area contributed by atoms with Crippen molar-refractivity contribution < 1.29 is 4.79 Å². The summed E-state index contributed by atoms with van der Waals surface area (Å²) in [7, 11) is 0. The molecule has 1 saturated carbocycles. The monoisotopic (exact) mass is 346 g/mol. The molecule has 2 aliphatic rings. The molecule has 0 spiro atoms. The van der Waals surface area contributed by atoms with Gasteiger partial charge in [0.05, 0.1) is 0 Å². The van der Waals surface area contributed by atoms with Crippen LogP contribution in [0, 0.1) is 11.8 Å². The molecule has 26 heavy (non-hydrogen) atoms. The van der Waals surface area contributed by atoms with E-state index in [-0.39, 0.29) is 5.92 Å². The average molecular weight is 346 g/mol. The lowest BCUT2D eigenvalue weighted by Gasteiger charge is -2.29. The number of benzene rings is 1. The lowest BCUT2D eigenvalue weighted by atomic mass is 9.93. The molecule has 1 fully saturated rings. The van der Waals surface area contributed by atoms with Gasteiger partial charge in [-0.1, -0.05) is 48.6 Å². The third-order valence-electron chi connectivity index (χ3n) is 5.60. The predicted octanol–water partition coefficient (Wildman–Crippen LogP) is 4.57. The van der Waals surface area contributed by atoms with E-state index in [0.717, 1.165) is 31.4 Å². The van der Waals surface area contributed by atoms with Crippen LogP contribution in [0.15, 0.2) is 67.0 Å². The highest BCUT2D eigenvalue weighted by atomic mass is 16.2. The molecule has 0 radical (unpaired) electrons. The molecule has 0 aliphatic heterocycles. The fraction of sp³-hybridized carbons (Fsp3) is 0.391. The highest BCUT2D eigenvalue weighted by Crippen LogP contribution is 2.48. The molecule has 3 nitrogen and oxygen atoms in total. The second-order valence-electron chi connectivity index (χ2n) is 7.59. The third kappa shape index (κ3) is 4.04. The van der Waals surface area contributed by atoms with Gasteiger partial charge >= 0.3 is 0 Å². The van der Waals surface area contributed by atoms with Crippen molar-refractivity contribution in [3.8, 4) is 0 Å². The third-order valence-corrected chi connectivity index (χ3v) is 5.60. The second-order valence-corrected chi connectivity index (χ2v) is 7.59. The Morgan fingerprint density at radius 2 is 2.00 bits per heavy atom. The number of hydrogen-bond donors (Lipinski definition) is 0. The van der Waals surface area contributed by atoms with E-state index in [1.807, 2.05) is 18.3 Å². The van der Waals surface area contributed by atoms with Crippen molar-refractivity contribution in [2.75, 3.05) is 6.54 Å². The molecule has 1 heterocycles. The van der Waals surface area contributed by atoms with E-state index >= 15 is 0 Å². The predicted molar refractivity (Wildman–Crippen MR) is 103 cm³/mol. The summed E-state index contributed by atoms with van der Waals surface area (Å²) in [5.74, 6) is 1.44. The van der Waals surface area contributed by atoms with Gasteiger partial charge in [0.2, 0.25) is 5.91 Å². The maximum absolute atomic E-state index is 13.3. The Labute approximate surface area is 155 Å². The van der Waals surface area contributed by atoms with Gasteiger partial charge in [0, 0.05) is 31.4 Å². The molecule has 2 aromatic rings. The van der Waals surface area contributed by atoms with Crippen molar-refractivity contribution in [2.45, 2.75) is 38.1 Å². The molecule has 0 unspecified atom stereocenters. The van der Waals surface area contributed by atoms with Crippen LogP contribution in [0.5, 0.6) is 0 Å². The van der Waals surface area contributed by atoms with Gasteiger partial charge in [-0.2, -0.15) is 0 Å². The van der Waals surface area contributed by atoms with Crippen molar-refractivity contribution >= 4 is 5.91 Å². The van der Waals surface area contributed by atoms with Crippen LogP contribution < -0.4 is 0 Å². The number of carbonyl (C=O) groups excluding carboxylic acids is 1. The first-order chi connectivity index (χ1) is 12.8. The number of nitrogens with zero attached hydrogens (tertiary/aromatic N) is 2. The highest BCUT2D eigenvalue weighted by Gasteiger charge is 2.45. The van der Waals surface area contributed by atoms with Gasteiger partial charge in [-0.25, -0.2) is 0 Å². The molecule has 0 bridgehead atoms. The topological polar surface area (TPSA) is 33.2 Å². The standard InChI is InChI=1S/C23H26N2O/c26-23(22-14-21(22)20-11-5-2-6-12-20)25(16-18-8-3-1-4-9-18)17-19-10-7-13-24-15-19/h1-3,5-7,10-13,15,18,21-22H,4,8-9,14,16-17H2/t18-,21-,22+/m0/s1. The molecular formula is C23H26N2O. The van der Waals surface area contributed by atoms with Crippen LogP contribution in [-0.2, 0) is 11.3 Å². The van der Waals surface area contributed by atoms with Crippen LogP contribution >= 0.6 is 0 Å². The lowest BCUT2D eigenvalue weighted by Crippen LogP contribution is -2.36. The number of aromatic nitrogens is 1. The number of allylic oxidation sites excluding steroid dienone is 2. The number of amides is 1. The minimum Gasteiger partial charge on any atom is -0.338 e. The fourth-order valence-electron chi connectivity index (χ4n) is 4.05. The van der Waals surface area contributed by atoms with Crippen molar-refractivity contribution in [1.82, 2.24) is 9.88 Å². The maximum atomic E-state index is 13.3. The van der Waals surface area contributed by atoms with Gasteiger partial charge in [0.25, 0.3) is 0 Å². The largest absolute Gasteiger partial charge is 0.338 e. The number of pyridine rings is 1. The summed E-state index contributed by atoms with van der Waals surface area (Å²) in [5, 5.41) is 0. The number of carbonyl (C=O) groups is 1. The van der Waals surface area contributed by atoms with Crippen LogP contribution in [0.25, 0.3) is 0 Å². The highest BCUT2D eigenvalue weighted by molar-refractivity contribution is 5.83. The van der Waals surface area contributed by atoms with E-state index < -0.39 is 0 Å². The van der Waals surface area contributed by atoms with Crippen LogP contribution in [0.1, 0.15) is 42.7 Å². The van der Waals surface area contributed by atoms with Crippen molar-refractivity contribution in [2.24, 2.45) is 11.8 Å². The zero-order chi connectivity index (χ0) is 17.8. The van der Waals surface area contributed by atoms with Crippen molar-refractivity contribution in [3.05, 3.63) is 78.1 Å². The smallest absolute Gasteiger partial charge is 0.226 e. The summed E-state index contributed by atoms with van der Waals surface area (Å²) in [5.41, 5.74) is 2.41. The Morgan fingerprint density at radius 1 is 1.12 bits per heavy atom. The van der Waals surface area contributed by atoms with E-state index in [1.54, 1.807) is 6.20 Å². The van der Waals surface area contributed by atoms with E-state index in [9.17, 15) is 4.79 Å². The molecule has 3 atom stereocenters. The summed E-state index contributed by atoms with van der Waals surface area (Å²) in [6, 6.07) is 14.5. The van der Waals surface area contributed by atoms with E-state index in [4.69, 9.17) is 0 Å². The minimum absolute atomic E-state index is 0.146. The molecule has 1 amide bonds. The molecule has 0 N–H and O–H groups in total. The number of rotatable bonds is 6. The lowest BCUT2D eigenvalue weighted by molar-refractivity contribution is -0.134. The van der Waals surface area contributed by atoms with Gasteiger partial charge < -0.3 is 4.90 Å². The van der Waals surface area contributed by atoms with Gasteiger partial charge in [-0.3, -0.25) is 9.78 Å². The van der Waals surface area contributed by atoms with Gasteiger partial charge in [-0.15, -0.1) is 0 Å². The summed E-state index contributed by atoms with van der Waals surface area (Å²) in [4.78, 5) is 19.6. The molecule has 1 aromatic carbocycles. The Balaban J connectivity index is 1.46.